The highest BCUT2D eigenvalue weighted by Gasteiger charge is 2.26. The first-order valence-corrected chi connectivity index (χ1v) is 6.57. The fraction of sp³-hybridized carbons (Fsp3) is 0.364. The lowest BCUT2D eigenvalue weighted by molar-refractivity contribution is -0.139. The quantitative estimate of drug-likeness (QED) is 0.656. The Morgan fingerprint density at radius 3 is 2.53 bits per heavy atom. The average molecular weight is 368 g/mol. The van der Waals surface area contributed by atoms with E-state index in [0.717, 1.165) is 5.56 Å². The lowest BCUT2D eigenvalue weighted by atomic mass is 10.1. The van der Waals surface area contributed by atoms with Gasteiger partial charge >= 0.3 is 5.97 Å². The van der Waals surface area contributed by atoms with Crippen molar-refractivity contribution in [3.05, 3.63) is 23.8 Å². The first kappa shape index (κ1) is 14.3. The van der Waals surface area contributed by atoms with Crippen LogP contribution in [0.5, 0.6) is 11.5 Å². The van der Waals surface area contributed by atoms with Gasteiger partial charge in [0.15, 0.2) is 11.5 Å². The molecule has 0 saturated heterocycles. The molecule has 0 saturated carbocycles. The van der Waals surface area contributed by atoms with Crippen LogP contribution in [-0.2, 0) is 9.53 Å². The Balaban J connectivity index is 2.96. The first-order chi connectivity index (χ1) is 8.01. The van der Waals surface area contributed by atoms with Gasteiger partial charge in [-0.15, -0.1) is 0 Å². The van der Waals surface area contributed by atoms with Gasteiger partial charge in [0, 0.05) is 0 Å². The van der Waals surface area contributed by atoms with Gasteiger partial charge in [-0.3, -0.25) is 4.79 Å². The third-order valence-corrected chi connectivity index (χ3v) is 4.87. The second-order valence-corrected chi connectivity index (χ2v) is 5.23. The van der Waals surface area contributed by atoms with E-state index in [2.05, 4.69) is 36.6 Å². The van der Waals surface area contributed by atoms with E-state index in [1.165, 1.54) is 20.3 Å². The number of halogens is 2. The predicted molar refractivity (Wildman–Crippen MR) is 71.1 cm³/mol. The van der Waals surface area contributed by atoms with Crippen LogP contribution in [0.4, 0.5) is 0 Å². The molecule has 0 radical (unpaired) electrons. The minimum atomic E-state index is -0.512. The van der Waals surface area contributed by atoms with Gasteiger partial charge in [0.05, 0.1) is 19.0 Å². The summed E-state index contributed by atoms with van der Waals surface area (Å²) in [6, 6.07) is 4.87. The molecule has 0 aromatic heterocycles. The molecule has 2 unspecified atom stereocenters. The number of esters is 1. The van der Waals surface area contributed by atoms with Crippen LogP contribution in [0.1, 0.15) is 10.4 Å². The van der Waals surface area contributed by atoms with Gasteiger partial charge in [-0.2, -0.15) is 0 Å². The largest absolute Gasteiger partial charge is 0.504 e. The molecule has 1 N–H and O–H groups in total. The van der Waals surface area contributed by atoms with Crippen LogP contribution in [0.2, 0.25) is 0 Å². The van der Waals surface area contributed by atoms with Crippen LogP contribution in [0.25, 0.3) is 0 Å². The molecule has 0 amide bonds. The molecule has 0 bridgehead atoms. The van der Waals surface area contributed by atoms with Gasteiger partial charge < -0.3 is 14.6 Å². The number of phenolic OH excluding ortho intramolecular Hbond substituents is 1. The van der Waals surface area contributed by atoms with Crippen LogP contribution in [0.3, 0.4) is 0 Å². The first-order valence-electron chi connectivity index (χ1n) is 4.74. The topological polar surface area (TPSA) is 55.8 Å². The maximum absolute atomic E-state index is 11.4. The van der Waals surface area contributed by atoms with E-state index in [0.29, 0.717) is 5.75 Å². The fourth-order valence-corrected chi connectivity index (χ4v) is 2.26. The lowest BCUT2D eigenvalue weighted by Crippen LogP contribution is -2.20. The molecule has 0 aliphatic heterocycles. The minimum Gasteiger partial charge on any atom is -0.504 e. The summed E-state index contributed by atoms with van der Waals surface area (Å²) in [5.74, 6) is 0.0376. The lowest BCUT2D eigenvalue weighted by Gasteiger charge is -2.16. The van der Waals surface area contributed by atoms with E-state index in [-0.39, 0.29) is 16.5 Å². The second-order valence-electron chi connectivity index (χ2n) is 3.26. The number of benzene rings is 1. The number of methoxy groups -OCH3 is 2. The molecule has 2 atom stereocenters. The molecule has 17 heavy (non-hydrogen) atoms. The molecule has 0 aliphatic carbocycles. The Morgan fingerprint density at radius 2 is 2.00 bits per heavy atom. The number of hydrogen-bond donors (Lipinski definition) is 1. The second kappa shape index (κ2) is 6.26. The van der Waals surface area contributed by atoms with Crippen LogP contribution in [0, 0.1) is 0 Å². The Labute approximate surface area is 116 Å². The number of ether oxygens (including phenoxy) is 2. The van der Waals surface area contributed by atoms with Crippen molar-refractivity contribution in [2.45, 2.75) is 9.65 Å². The summed E-state index contributed by atoms with van der Waals surface area (Å²) in [7, 11) is 2.79. The van der Waals surface area contributed by atoms with E-state index >= 15 is 0 Å². The summed E-state index contributed by atoms with van der Waals surface area (Å²) in [4.78, 5) is 10.6. The number of carbonyl (C=O) groups is 1. The Hall–Kier alpha value is -0.750. The summed E-state index contributed by atoms with van der Waals surface area (Å²) >= 11 is 6.64. The summed E-state index contributed by atoms with van der Waals surface area (Å²) in [5.41, 5.74) is 0.798. The number of phenols is 1. The van der Waals surface area contributed by atoms with Crippen LogP contribution < -0.4 is 4.74 Å². The van der Waals surface area contributed by atoms with E-state index in [1.807, 2.05) is 0 Å². The highest BCUT2D eigenvalue weighted by atomic mass is 79.9. The molecule has 94 valence electrons. The predicted octanol–water partition coefficient (Wildman–Crippen LogP) is 2.77. The van der Waals surface area contributed by atoms with Crippen LogP contribution >= 0.6 is 31.9 Å². The molecule has 6 heteroatoms. The van der Waals surface area contributed by atoms with Crippen molar-refractivity contribution < 1.29 is 19.4 Å². The molecular formula is C11H12Br2O4. The highest BCUT2D eigenvalue weighted by molar-refractivity contribution is 9.12. The number of carbonyl (C=O) groups excluding carboxylic acids is 1. The van der Waals surface area contributed by atoms with Gasteiger partial charge in [0.2, 0.25) is 0 Å². The number of aromatic hydroxyl groups is 1. The summed E-state index contributed by atoms with van der Waals surface area (Å²) < 4.78 is 9.64. The monoisotopic (exact) mass is 366 g/mol. The zero-order valence-electron chi connectivity index (χ0n) is 9.31. The van der Waals surface area contributed by atoms with E-state index in [9.17, 15) is 9.90 Å². The Kier molecular flexibility index (Phi) is 5.27. The third kappa shape index (κ3) is 3.35. The van der Waals surface area contributed by atoms with Crippen molar-refractivity contribution in [1.82, 2.24) is 0 Å². The molecule has 4 nitrogen and oxygen atoms in total. The molecule has 0 fully saturated rings. The minimum absolute atomic E-state index is 0.0557. The highest BCUT2D eigenvalue weighted by Crippen LogP contribution is 2.36. The standard InChI is InChI=1S/C11H12Br2O4/c1-16-8-5-6(3-4-7(8)14)9(12)10(13)11(15)17-2/h3-5,9-10,14H,1-2H3. The summed E-state index contributed by atoms with van der Waals surface area (Å²) in [6.07, 6.45) is 0. The van der Waals surface area contributed by atoms with Crippen molar-refractivity contribution >= 4 is 37.8 Å². The van der Waals surface area contributed by atoms with Gasteiger partial charge in [-0.1, -0.05) is 37.9 Å². The van der Waals surface area contributed by atoms with Gasteiger partial charge in [-0.05, 0) is 17.7 Å². The van der Waals surface area contributed by atoms with Crippen molar-refractivity contribution in [3.8, 4) is 11.5 Å². The van der Waals surface area contributed by atoms with Crippen molar-refractivity contribution in [2.75, 3.05) is 14.2 Å². The van der Waals surface area contributed by atoms with Crippen LogP contribution in [0.15, 0.2) is 18.2 Å². The average Bonchev–Trinajstić information content (AvgIpc) is 2.36. The molecule has 0 aliphatic rings. The van der Waals surface area contributed by atoms with E-state index < -0.39 is 4.83 Å². The maximum Gasteiger partial charge on any atom is 0.320 e. The fourth-order valence-electron chi connectivity index (χ4n) is 1.27. The third-order valence-electron chi connectivity index (χ3n) is 2.21. The van der Waals surface area contributed by atoms with E-state index in [4.69, 9.17) is 4.74 Å². The molecule has 0 spiro atoms. The number of rotatable bonds is 4. The number of hydrogen-bond acceptors (Lipinski definition) is 4. The van der Waals surface area contributed by atoms with E-state index in [1.54, 1.807) is 12.1 Å². The molecular weight excluding hydrogens is 356 g/mol. The van der Waals surface area contributed by atoms with Crippen LogP contribution in [-0.4, -0.2) is 30.1 Å². The molecule has 1 aromatic rings. The zero-order valence-corrected chi connectivity index (χ0v) is 12.5. The SMILES string of the molecule is COC(=O)C(Br)C(Br)c1ccc(O)c(OC)c1. The van der Waals surface area contributed by atoms with Gasteiger partial charge in [0.25, 0.3) is 0 Å². The van der Waals surface area contributed by atoms with Gasteiger partial charge in [0.1, 0.15) is 4.83 Å². The van der Waals surface area contributed by atoms with Crippen molar-refractivity contribution in [1.29, 1.82) is 0 Å². The Bertz CT molecular complexity index is 408. The molecule has 0 heterocycles. The van der Waals surface area contributed by atoms with Gasteiger partial charge in [-0.25, -0.2) is 0 Å². The smallest absolute Gasteiger partial charge is 0.320 e. The zero-order chi connectivity index (χ0) is 13.0. The number of alkyl halides is 2. The van der Waals surface area contributed by atoms with Crippen molar-refractivity contribution in [2.24, 2.45) is 0 Å². The van der Waals surface area contributed by atoms with Crippen molar-refractivity contribution in [3.63, 3.8) is 0 Å². The normalized spacial score (nSPS) is 13.9. The maximum atomic E-state index is 11.4. The molecule has 1 rings (SSSR count). The summed E-state index contributed by atoms with van der Waals surface area (Å²) in [5, 5.41) is 9.47. The summed E-state index contributed by atoms with van der Waals surface area (Å²) in [6.45, 7) is 0. The molecule has 1 aromatic carbocycles. The Morgan fingerprint density at radius 1 is 1.35 bits per heavy atom.